The second-order valence-electron chi connectivity index (χ2n) is 9.03. The number of phenols is 1. The highest BCUT2D eigenvalue weighted by atomic mass is 127. The fourth-order valence-electron chi connectivity index (χ4n) is 4.74. The molecule has 174 valence electrons. The summed E-state index contributed by atoms with van der Waals surface area (Å²) in [5.41, 5.74) is 3.69. The van der Waals surface area contributed by atoms with Crippen LogP contribution in [0.3, 0.4) is 0 Å². The number of rotatable bonds is 8. The SMILES string of the molecule is CN(C)c1nc(N[C@H]2CC[C@@H](NCc3ccc(O)c(OCI)c3)CC2)nc2c1CCCC2. The monoisotopic (exact) mass is 551 g/mol. The fraction of sp³-hybridized carbons (Fsp3) is 0.583. The number of phenolic OH excluding ortho intramolecular Hbond substituents is 1. The van der Waals surface area contributed by atoms with Gasteiger partial charge in [0.05, 0.1) is 5.69 Å². The van der Waals surface area contributed by atoms with Crippen molar-refractivity contribution in [3.8, 4) is 11.5 Å². The Morgan fingerprint density at radius 2 is 1.84 bits per heavy atom. The maximum Gasteiger partial charge on any atom is 0.225 e. The lowest BCUT2D eigenvalue weighted by Gasteiger charge is -2.30. The van der Waals surface area contributed by atoms with Gasteiger partial charge in [-0.2, -0.15) is 4.98 Å². The van der Waals surface area contributed by atoms with E-state index in [-0.39, 0.29) is 5.75 Å². The number of aromatic hydroxyl groups is 1. The van der Waals surface area contributed by atoms with Gasteiger partial charge in [0.1, 0.15) is 10.4 Å². The fourth-order valence-corrected chi connectivity index (χ4v) is 5.07. The molecule has 1 saturated carbocycles. The van der Waals surface area contributed by atoms with Gasteiger partial charge >= 0.3 is 0 Å². The molecule has 0 spiro atoms. The van der Waals surface area contributed by atoms with Crippen LogP contribution >= 0.6 is 22.6 Å². The van der Waals surface area contributed by atoms with E-state index < -0.39 is 0 Å². The molecule has 0 radical (unpaired) electrons. The number of fused-ring (bicyclic) bond motifs is 1. The van der Waals surface area contributed by atoms with Gasteiger partial charge < -0.3 is 25.4 Å². The Labute approximate surface area is 204 Å². The van der Waals surface area contributed by atoms with Gasteiger partial charge in [0.15, 0.2) is 11.5 Å². The summed E-state index contributed by atoms with van der Waals surface area (Å²) in [6.45, 7) is 0.779. The van der Waals surface area contributed by atoms with E-state index in [1.807, 2.05) is 12.1 Å². The van der Waals surface area contributed by atoms with Crippen molar-refractivity contribution in [2.75, 3.05) is 28.9 Å². The van der Waals surface area contributed by atoms with Gasteiger partial charge in [-0.15, -0.1) is 0 Å². The number of aryl methyl sites for hydroxylation is 1. The summed E-state index contributed by atoms with van der Waals surface area (Å²) < 4.78 is 6.00. The van der Waals surface area contributed by atoms with Crippen molar-refractivity contribution in [2.45, 2.75) is 70.0 Å². The van der Waals surface area contributed by atoms with Crippen LogP contribution in [-0.2, 0) is 19.4 Å². The van der Waals surface area contributed by atoms with Gasteiger partial charge in [0, 0.05) is 38.3 Å². The molecule has 0 saturated heterocycles. The lowest BCUT2D eigenvalue weighted by Crippen LogP contribution is -2.37. The largest absolute Gasteiger partial charge is 0.504 e. The van der Waals surface area contributed by atoms with E-state index in [0.29, 0.717) is 22.4 Å². The first-order valence-electron chi connectivity index (χ1n) is 11.6. The Morgan fingerprint density at radius 1 is 1.09 bits per heavy atom. The summed E-state index contributed by atoms with van der Waals surface area (Å²) >= 11 is 2.13. The number of hydrogen-bond acceptors (Lipinski definition) is 7. The predicted molar refractivity (Wildman–Crippen MR) is 137 cm³/mol. The van der Waals surface area contributed by atoms with Crippen LogP contribution in [0.5, 0.6) is 11.5 Å². The zero-order valence-electron chi connectivity index (χ0n) is 19.0. The Hall–Kier alpha value is -1.81. The van der Waals surface area contributed by atoms with Crippen LogP contribution in [-0.4, -0.2) is 45.9 Å². The van der Waals surface area contributed by atoms with Crippen LogP contribution in [0.2, 0.25) is 0 Å². The van der Waals surface area contributed by atoms with E-state index in [1.54, 1.807) is 6.07 Å². The Balaban J connectivity index is 1.30. The van der Waals surface area contributed by atoms with Crippen LogP contribution in [0.4, 0.5) is 11.8 Å². The third-order valence-electron chi connectivity index (χ3n) is 6.47. The highest BCUT2D eigenvalue weighted by Crippen LogP contribution is 2.30. The molecule has 0 unspecified atom stereocenters. The zero-order chi connectivity index (χ0) is 22.5. The van der Waals surface area contributed by atoms with Crippen LogP contribution in [0, 0.1) is 0 Å². The van der Waals surface area contributed by atoms with E-state index in [2.05, 4.69) is 52.2 Å². The summed E-state index contributed by atoms with van der Waals surface area (Å²) in [6.07, 6.45) is 9.06. The second-order valence-corrected chi connectivity index (χ2v) is 9.65. The first-order valence-corrected chi connectivity index (χ1v) is 13.1. The molecule has 2 aromatic rings. The van der Waals surface area contributed by atoms with Crippen molar-refractivity contribution >= 4 is 34.4 Å². The normalized spacial score (nSPS) is 20.5. The van der Waals surface area contributed by atoms with Crippen molar-refractivity contribution in [1.82, 2.24) is 15.3 Å². The Bertz CT molecular complexity index is 916. The summed E-state index contributed by atoms with van der Waals surface area (Å²) in [4.78, 5) is 11.9. The molecule has 1 heterocycles. The number of anilines is 2. The minimum absolute atomic E-state index is 0.193. The lowest BCUT2D eigenvalue weighted by molar-refractivity contribution is 0.350. The molecule has 1 aromatic carbocycles. The molecule has 0 atom stereocenters. The number of hydrogen-bond donors (Lipinski definition) is 3. The molecule has 32 heavy (non-hydrogen) atoms. The number of alkyl halides is 1. The first-order chi connectivity index (χ1) is 15.5. The van der Waals surface area contributed by atoms with E-state index in [9.17, 15) is 5.11 Å². The van der Waals surface area contributed by atoms with Crippen LogP contribution < -0.4 is 20.3 Å². The van der Waals surface area contributed by atoms with E-state index in [1.165, 1.54) is 24.1 Å². The minimum Gasteiger partial charge on any atom is -0.504 e. The topological polar surface area (TPSA) is 82.5 Å². The van der Waals surface area contributed by atoms with E-state index >= 15 is 0 Å². The number of benzene rings is 1. The van der Waals surface area contributed by atoms with Crippen molar-refractivity contribution < 1.29 is 9.84 Å². The molecule has 7 nitrogen and oxygen atoms in total. The third-order valence-corrected chi connectivity index (χ3v) is 6.79. The number of halogens is 1. The summed E-state index contributed by atoms with van der Waals surface area (Å²) in [5, 5.41) is 17.2. The van der Waals surface area contributed by atoms with Gasteiger partial charge in [0.2, 0.25) is 5.95 Å². The van der Waals surface area contributed by atoms with Crippen molar-refractivity contribution in [3.63, 3.8) is 0 Å². The highest BCUT2D eigenvalue weighted by molar-refractivity contribution is 14.1. The number of aromatic nitrogens is 2. The Kier molecular flexibility index (Phi) is 7.93. The van der Waals surface area contributed by atoms with E-state index in [0.717, 1.165) is 62.4 Å². The molecule has 0 amide bonds. The number of nitrogens with one attached hydrogen (secondary N) is 2. The molecule has 0 bridgehead atoms. The van der Waals surface area contributed by atoms with Crippen molar-refractivity contribution in [1.29, 1.82) is 0 Å². The first kappa shape index (κ1) is 23.4. The summed E-state index contributed by atoms with van der Waals surface area (Å²) in [5.74, 6) is 2.61. The van der Waals surface area contributed by atoms with Crippen molar-refractivity contribution in [2.24, 2.45) is 0 Å². The molecule has 3 N–H and O–H groups in total. The molecule has 2 aliphatic rings. The maximum absolute atomic E-state index is 9.88. The molecule has 2 aliphatic carbocycles. The number of nitrogens with zero attached hydrogens (tertiary/aromatic N) is 3. The van der Waals surface area contributed by atoms with Crippen molar-refractivity contribution in [3.05, 3.63) is 35.0 Å². The smallest absolute Gasteiger partial charge is 0.225 e. The average molecular weight is 551 g/mol. The van der Waals surface area contributed by atoms with Crippen LogP contribution in [0.15, 0.2) is 18.2 Å². The minimum atomic E-state index is 0.193. The third kappa shape index (κ3) is 5.75. The van der Waals surface area contributed by atoms with Crippen LogP contribution in [0.1, 0.15) is 55.3 Å². The molecule has 1 fully saturated rings. The Morgan fingerprint density at radius 3 is 2.59 bits per heavy atom. The molecule has 4 rings (SSSR count). The van der Waals surface area contributed by atoms with Gasteiger partial charge in [-0.25, -0.2) is 4.98 Å². The highest BCUT2D eigenvalue weighted by Gasteiger charge is 2.24. The molecule has 8 heteroatoms. The summed E-state index contributed by atoms with van der Waals surface area (Å²) in [7, 11) is 4.14. The maximum atomic E-state index is 9.88. The molecule has 1 aromatic heterocycles. The summed E-state index contributed by atoms with van der Waals surface area (Å²) in [6, 6.07) is 6.49. The second kappa shape index (κ2) is 10.9. The standard InChI is InChI=1S/C24H34IN5O2/c1-30(2)23-19-5-3-4-6-20(19)28-24(29-23)27-18-10-8-17(9-11-18)26-14-16-7-12-21(31)22(13-16)32-15-25/h7,12-13,17-18,26,31H,3-6,8-11,14-15H2,1-2H3,(H,27,28,29)/t17-,18+. The van der Waals surface area contributed by atoms with Gasteiger partial charge in [-0.3, -0.25) is 0 Å². The zero-order valence-corrected chi connectivity index (χ0v) is 21.2. The van der Waals surface area contributed by atoms with E-state index in [4.69, 9.17) is 14.7 Å². The average Bonchev–Trinajstić information content (AvgIpc) is 2.80. The predicted octanol–water partition coefficient (Wildman–Crippen LogP) is 4.41. The lowest BCUT2D eigenvalue weighted by atomic mass is 9.91. The quantitative estimate of drug-likeness (QED) is 0.331. The molecule has 0 aliphatic heterocycles. The van der Waals surface area contributed by atoms with Gasteiger partial charge in [0.25, 0.3) is 0 Å². The van der Waals surface area contributed by atoms with Gasteiger partial charge in [-0.1, -0.05) is 6.07 Å². The van der Waals surface area contributed by atoms with Gasteiger partial charge in [-0.05, 0) is 91.7 Å². The van der Waals surface area contributed by atoms with Crippen LogP contribution in [0.25, 0.3) is 0 Å². The molecular formula is C24H34IN5O2. The number of ether oxygens (including phenoxy) is 1. The molecular weight excluding hydrogens is 517 g/mol.